The van der Waals surface area contributed by atoms with Gasteiger partial charge in [-0.2, -0.15) is 0 Å². The summed E-state index contributed by atoms with van der Waals surface area (Å²) in [6.07, 6.45) is 72.9. The molecule has 0 bridgehead atoms. The van der Waals surface area contributed by atoms with Crippen molar-refractivity contribution in [2.75, 3.05) is 6.61 Å². The fourth-order valence-electron chi connectivity index (χ4n) is 7.75. The van der Waals surface area contributed by atoms with E-state index >= 15 is 0 Å². The van der Waals surface area contributed by atoms with Gasteiger partial charge in [0.25, 0.3) is 0 Å². The first-order chi connectivity index (χ1) is 33.0. The SMILES string of the molecule is CCC/C=C/C=C/C=C/C=C/C=C/CCCCCC(CC(=O)NC(CO)C(O)CCCCCCCCCCCCCCCCC)OC(=O)CCC/C=C\C/C=C\C/C=C\C/C=C\CCCCC. The lowest BCUT2D eigenvalue weighted by atomic mass is 10.0. The number of carbonyl (C=O) groups excluding carboxylic acids is 2. The van der Waals surface area contributed by atoms with Crippen LogP contribution in [-0.4, -0.2) is 46.9 Å². The number of allylic oxidation sites excluding steroid dienone is 18. The van der Waals surface area contributed by atoms with Gasteiger partial charge >= 0.3 is 5.97 Å². The predicted molar refractivity (Wildman–Crippen MR) is 291 cm³/mol. The molecule has 6 nitrogen and oxygen atoms in total. The normalized spacial score (nSPS) is 14.0. The molecule has 0 fully saturated rings. The van der Waals surface area contributed by atoms with Gasteiger partial charge in [-0.25, -0.2) is 0 Å². The Balaban J connectivity index is 4.77. The highest BCUT2D eigenvalue weighted by molar-refractivity contribution is 5.77. The van der Waals surface area contributed by atoms with Gasteiger partial charge in [-0.15, -0.1) is 0 Å². The lowest BCUT2D eigenvalue weighted by Crippen LogP contribution is -2.46. The number of nitrogens with one attached hydrogen (secondary N) is 1. The van der Waals surface area contributed by atoms with Crippen molar-refractivity contribution in [3.05, 3.63) is 109 Å². The first kappa shape index (κ1) is 63.5. The number of hydrogen-bond acceptors (Lipinski definition) is 5. The van der Waals surface area contributed by atoms with Gasteiger partial charge in [0.05, 0.1) is 25.2 Å². The van der Waals surface area contributed by atoms with Crippen LogP contribution in [0.5, 0.6) is 0 Å². The largest absolute Gasteiger partial charge is 0.462 e. The molecule has 3 atom stereocenters. The van der Waals surface area contributed by atoms with E-state index in [0.717, 1.165) is 83.5 Å². The predicted octanol–water partition coefficient (Wildman–Crippen LogP) is 17.1. The molecule has 0 heterocycles. The van der Waals surface area contributed by atoms with Crippen LogP contribution in [0.1, 0.15) is 239 Å². The van der Waals surface area contributed by atoms with E-state index in [0.29, 0.717) is 25.7 Å². The van der Waals surface area contributed by atoms with Crippen molar-refractivity contribution >= 4 is 11.9 Å². The maximum atomic E-state index is 13.2. The molecule has 0 aliphatic carbocycles. The molecule has 67 heavy (non-hydrogen) atoms. The number of carbonyl (C=O) groups is 2. The van der Waals surface area contributed by atoms with Crippen molar-refractivity contribution in [1.82, 2.24) is 5.32 Å². The minimum absolute atomic E-state index is 0.0214. The second-order valence-corrected chi connectivity index (χ2v) is 18.4. The lowest BCUT2D eigenvalue weighted by molar-refractivity contribution is -0.151. The molecular weight excluding hydrogens is 827 g/mol. The number of rotatable bonds is 48. The van der Waals surface area contributed by atoms with Gasteiger partial charge in [-0.1, -0.05) is 252 Å². The van der Waals surface area contributed by atoms with Crippen molar-refractivity contribution in [3.8, 4) is 0 Å². The van der Waals surface area contributed by atoms with Crippen molar-refractivity contribution in [1.29, 1.82) is 0 Å². The number of aliphatic hydroxyl groups excluding tert-OH is 2. The average Bonchev–Trinajstić information content (AvgIpc) is 3.32. The summed E-state index contributed by atoms with van der Waals surface area (Å²) in [5.41, 5.74) is 0. The van der Waals surface area contributed by atoms with E-state index < -0.39 is 18.2 Å². The zero-order valence-corrected chi connectivity index (χ0v) is 43.5. The van der Waals surface area contributed by atoms with Crippen LogP contribution in [0.3, 0.4) is 0 Å². The van der Waals surface area contributed by atoms with Crippen LogP contribution in [0.25, 0.3) is 0 Å². The summed E-state index contributed by atoms with van der Waals surface area (Å²) in [6, 6.07) is -0.735. The van der Waals surface area contributed by atoms with E-state index in [2.05, 4.69) is 99.0 Å². The topological polar surface area (TPSA) is 95.9 Å². The van der Waals surface area contributed by atoms with Crippen molar-refractivity contribution in [2.24, 2.45) is 0 Å². The molecule has 0 aliphatic heterocycles. The molecule has 3 N–H and O–H groups in total. The fourth-order valence-corrected chi connectivity index (χ4v) is 7.75. The second kappa shape index (κ2) is 53.5. The molecule has 0 aromatic carbocycles. The number of amides is 1. The monoisotopic (exact) mass is 930 g/mol. The quantitative estimate of drug-likeness (QED) is 0.0244. The molecule has 0 saturated carbocycles. The van der Waals surface area contributed by atoms with Crippen LogP contribution in [-0.2, 0) is 14.3 Å². The Hall–Kier alpha value is -3.48. The van der Waals surface area contributed by atoms with E-state index in [1.165, 1.54) is 103 Å². The molecule has 0 aromatic rings. The Morgan fingerprint density at radius 3 is 1.37 bits per heavy atom. The second-order valence-electron chi connectivity index (χ2n) is 18.4. The summed E-state index contributed by atoms with van der Waals surface area (Å²) in [7, 11) is 0. The summed E-state index contributed by atoms with van der Waals surface area (Å²) >= 11 is 0. The van der Waals surface area contributed by atoms with Crippen LogP contribution in [0.2, 0.25) is 0 Å². The number of aliphatic hydroxyl groups is 2. The van der Waals surface area contributed by atoms with Crippen LogP contribution in [0.15, 0.2) is 109 Å². The van der Waals surface area contributed by atoms with E-state index in [1.807, 2.05) is 36.5 Å². The third-order valence-corrected chi connectivity index (χ3v) is 11.9. The Bertz CT molecular complexity index is 1370. The smallest absolute Gasteiger partial charge is 0.306 e. The molecule has 3 unspecified atom stereocenters. The van der Waals surface area contributed by atoms with Gasteiger partial charge in [-0.3, -0.25) is 9.59 Å². The molecule has 0 rings (SSSR count). The summed E-state index contributed by atoms with van der Waals surface area (Å²) in [5, 5.41) is 23.8. The van der Waals surface area contributed by atoms with Gasteiger partial charge in [0.2, 0.25) is 5.91 Å². The van der Waals surface area contributed by atoms with Gasteiger partial charge < -0.3 is 20.3 Å². The maximum absolute atomic E-state index is 13.2. The lowest BCUT2D eigenvalue weighted by Gasteiger charge is -2.24. The highest BCUT2D eigenvalue weighted by Crippen LogP contribution is 2.17. The molecule has 0 aliphatic rings. The average molecular weight is 930 g/mol. The van der Waals surface area contributed by atoms with Crippen molar-refractivity contribution < 1.29 is 24.5 Å². The van der Waals surface area contributed by atoms with Crippen LogP contribution in [0.4, 0.5) is 0 Å². The van der Waals surface area contributed by atoms with Gasteiger partial charge in [0, 0.05) is 6.42 Å². The van der Waals surface area contributed by atoms with Crippen LogP contribution in [0, 0.1) is 0 Å². The Morgan fingerprint density at radius 2 is 0.851 bits per heavy atom. The number of ether oxygens (including phenoxy) is 1. The third kappa shape index (κ3) is 48.8. The summed E-state index contributed by atoms with van der Waals surface area (Å²) in [6.45, 7) is 6.35. The van der Waals surface area contributed by atoms with E-state index in [1.54, 1.807) is 0 Å². The molecule has 1 amide bonds. The molecular formula is C61H103NO5. The standard InChI is InChI=1S/C61H103NO5/c1-4-7-10-13-16-19-22-25-28-30-33-36-39-42-45-48-51-54-61(66)67-57(52-49-46-43-40-37-34-32-29-26-23-20-17-14-11-8-5-2)55-60(65)62-58(56-63)59(64)53-50-47-44-41-38-35-31-27-24-21-18-15-12-9-6-3/h11,14,16-17,19-20,23,25-26,28-29,32-34,36-37,42,45,57-59,63-64H,4-10,12-13,15,18,21-22,24,27,30-31,35,38-41,43-44,46-56H2,1-3H3,(H,62,65)/b14-11+,19-16-,20-17+,26-23+,28-25-,32-29+,36-33-,37-34+,45-42-. The Labute approximate surface area is 413 Å². The molecule has 382 valence electrons. The summed E-state index contributed by atoms with van der Waals surface area (Å²) in [5.74, 6) is -0.589. The van der Waals surface area contributed by atoms with E-state index in [4.69, 9.17) is 4.74 Å². The summed E-state index contributed by atoms with van der Waals surface area (Å²) in [4.78, 5) is 26.2. The Kier molecular flexibility index (Phi) is 50.7. The van der Waals surface area contributed by atoms with Crippen LogP contribution < -0.4 is 5.32 Å². The molecule has 6 heteroatoms. The molecule has 0 spiro atoms. The molecule has 0 radical (unpaired) electrons. The summed E-state index contributed by atoms with van der Waals surface area (Å²) < 4.78 is 5.90. The molecule has 0 saturated heterocycles. The highest BCUT2D eigenvalue weighted by atomic mass is 16.5. The first-order valence-corrected chi connectivity index (χ1v) is 27.7. The Morgan fingerprint density at radius 1 is 0.448 bits per heavy atom. The minimum atomic E-state index is -0.816. The number of unbranched alkanes of at least 4 members (excludes halogenated alkanes) is 22. The maximum Gasteiger partial charge on any atom is 0.306 e. The first-order valence-electron chi connectivity index (χ1n) is 27.7. The highest BCUT2D eigenvalue weighted by Gasteiger charge is 2.24. The third-order valence-electron chi connectivity index (χ3n) is 11.9. The zero-order valence-electron chi connectivity index (χ0n) is 43.5. The zero-order chi connectivity index (χ0) is 48.8. The van der Waals surface area contributed by atoms with E-state index in [-0.39, 0.29) is 24.9 Å². The van der Waals surface area contributed by atoms with Gasteiger partial charge in [0.15, 0.2) is 0 Å². The van der Waals surface area contributed by atoms with Crippen LogP contribution >= 0.6 is 0 Å². The van der Waals surface area contributed by atoms with Crippen molar-refractivity contribution in [2.45, 2.75) is 257 Å². The molecule has 0 aromatic heterocycles. The minimum Gasteiger partial charge on any atom is -0.462 e. The fraction of sp³-hybridized carbons (Fsp3) is 0.672. The van der Waals surface area contributed by atoms with Gasteiger partial charge in [0.1, 0.15) is 6.10 Å². The number of esters is 1. The van der Waals surface area contributed by atoms with Crippen molar-refractivity contribution in [3.63, 3.8) is 0 Å². The van der Waals surface area contributed by atoms with Gasteiger partial charge in [-0.05, 0) is 83.5 Å². The number of hydrogen-bond donors (Lipinski definition) is 3. The van der Waals surface area contributed by atoms with E-state index in [9.17, 15) is 19.8 Å².